The van der Waals surface area contributed by atoms with Gasteiger partial charge in [0.25, 0.3) is 0 Å². The summed E-state index contributed by atoms with van der Waals surface area (Å²) in [5.74, 6) is -1.54. The number of hydrogen-bond donors (Lipinski definition) is 3. The van der Waals surface area contributed by atoms with Gasteiger partial charge in [0, 0.05) is 30.8 Å². The van der Waals surface area contributed by atoms with Crippen LogP contribution in [0.1, 0.15) is 12.0 Å². The van der Waals surface area contributed by atoms with E-state index >= 15 is 0 Å². The fourth-order valence-electron chi connectivity index (χ4n) is 4.15. The monoisotopic (exact) mass is 427 g/mol. The first-order valence-electron chi connectivity index (χ1n) is 9.44. The predicted octanol–water partition coefficient (Wildman–Crippen LogP) is 2.37. The van der Waals surface area contributed by atoms with Gasteiger partial charge in [0.15, 0.2) is 0 Å². The number of phenols is 1. The number of aliphatic hydroxyl groups is 1. The maximum absolute atomic E-state index is 13.5. The molecule has 0 bridgehead atoms. The van der Waals surface area contributed by atoms with Crippen molar-refractivity contribution in [2.45, 2.75) is 29.4 Å². The number of aliphatic hydroxyl groups excluding tert-OH is 1. The van der Waals surface area contributed by atoms with Gasteiger partial charge in [-0.25, -0.2) is 8.42 Å². The SMILES string of the molecule is O=C(O)[C@]1(Cc2ccccc2)CC(O)CN1S(=O)(=O)c1cc(O)c2ccccc2c1. The van der Waals surface area contributed by atoms with Crippen LogP contribution in [-0.4, -0.2) is 52.2 Å². The maximum atomic E-state index is 13.5. The van der Waals surface area contributed by atoms with Gasteiger partial charge in [-0.15, -0.1) is 0 Å². The molecule has 0 radical (unpaired) electrons. The topological polar surface area (TPSA) is 115 Å². The summed E-state index contributed by atoms with van der Waals surface area (Å²) in [5, 5.41) is 31.7. The van der Waals surface area contributed by atoms with Gasteiger partial charge in [-0.05, 0) is 17.0 Å². The smallest absolute Gasteiger partial charge is 0.325 e. The van der Waals surface area contributed by atoms with Gasteiger partial charge >= 0.3 is 5.97 Å². The largest absolute Gasteiger partial charge is 0.507 e. The van der Waals surface area contributed by atoms with E-state index < -0.39 is 27.6 Å². The summed E-state index contributed by atoms with van der Waals surface area (Å²) < 4.78 is 27.9. The molecule has 1 fully saturated rings. The van der Waals surface area contributed by atoms with Gasteiger partial charge in [0.05, 0.1) is 11.0 Å². The number of sulfonamides is 1. The number of carboxylic acids is 1. The van der Waals surface area contributed by atoms with Crippen molar-refractivity contribution in [1.29, 1.82) is 0 Å². The molecule has 3 N–H and O–H groups in total. The highest BCUT2D eigenvalue weighted by atomic mass is 32.2. The fraction of sp³-hybridized carbons (Fsp3) is 0.227. The van der Waals surface area contributed by atoms with Crippen LogP contribution in [0.15, 0.2) is 71.6 Å². The van der Waals surface area contributed by atoms with Gasteiger partial charge in [0.2, 0.25) is 10.0 Å². The summed E-state index contributed by atoms with van der Waals surface area (Å²) in [4.78, 5) is 12.2. The van der Waals surface area contributed by atoms with Crippen LogP contribution in [-0.2, 0) is 21.2 Å². The number of nitrogens with zero attached hydrogens (tertiary/aromatic N) is 1. The van der Waals surface area contributed by atoms with Crippen LogP contribution in [0, 0.1) is 0 Å². The molecule has 0 aliphatic carbocycles. The number of benzene rings is 3. The molecule has 1 unspecified atom stereocenters. The van der Waals surface area contributed by atoms with Crippen molar-refractivity contribution >= 4 is 26.8 Å². The maximum Gasteiger partial charge on any atom is 0.325 e. The van der Waals surface area contributed by atoms with Gasteiger partial charge in [-0.1, -0.05) is 54.6 Å². The quantitative estimate of drug-likeness (QED) is 0.576. The molecule has 0 saturated carbocycles. The van der Waals surface area contributed by atoms with E-state index in [4.69, 9.17) is 0 Å². The average molecular weight is 427 g/mol. The molecule has 3 aromatic carbocycles. The Bertz CT molecular complexity index is 1210. The van der Waals surface area contributed by atoms with Crippen molar-refractivity contribution in [2.24, 2.45) is 0 Å². The molecule has 8 heteroatoms. The van der Waals surface area contributed by atoms with E-state index in [1.165, 1.54) is 6.07 Å². The highest BCUT2D eigenvalue weighted by Gasteiger charge is 2.56. The van der Waals surface area contributed by atoms with Crippen LogP contribution >= 0.6 is 0 Å². The Morgan fingerprint density at radius 1 is 1.07 bits per heavy atom. The van der Waals surface area contributed by atoms with Crippen molar-refractivity contribution in [3.63, 3.8) is 0 Å². The molecule has 0 amide bonds. The van der Waals surface area contributed by atoms with Crippen molar-refractivity contribution in [2.75, 3.05) is 6.54 Å². The lowest BCUT2D eigenvalue weighted by molar-refractivity contribution is -0.147. The molecule has 4 rings (SSSR count). The average Bonchev–Trinajstić information content (AvgIpc) is 3.07. The summed E-state index contributed by atoms with van der Waals surface area (Å²) >= 11 is 0. The molecule has 1 aliphatic rings. The molecular weight excluding hydrogens is 406 g/mol. The van der Waals surface area contributed by atoms with Crippen LogP contribution < -0.4 is 0 Å². The third-order valence-electron chi connectivity index (χ3n) is 5.57. The summed E-state index contributed by atoms with van der Waals surface area (Å²) in [5.41, 5.74) is -1.18. The molecule has 1 heterocycles. The number of carbonyl (C=O) groups is 1. The molecule has 7 nitrogen and oxygen atoms in total. The number of aromatic hydroxyl groups is 1. The summed E-state index contributed by atoms with van der Waals surface area (Å²) in [6.07, 6.45) is -1.43. The zero-order valence-electron chi connectivity index (χ0n) is 16.0. The Labute approximate surface area is 173 Å². The Balaban J connectivity index is 1.84. The number of β-amino-alcohol motifs (C(OH)–C–C–N with tert-alkyl or cyclic N) is 1. The first kappa shape index (κ1) is 20.3. The van der Waals surface area contributed by atoms with Gasteiger partial charge < -0.3 is 15.3 Å². The lowest BCUT2D eigenvalue weighted by Crippen LogP contribution is -2.54. The van der Waals surface area contributed by atoms with Crippen LogP contribution in [0.25, 0.3) is 10.8 Å². The van der Waals surface area contributed by atoms with Crippen molar-refractivity contribution in [1.82, 2.24) is 4.31 Å². The molecule has 2 atom stereocenters. The van der Waals surface area contributed by atoms with E-state index in [2.05, 4.69) is 0 Å². The Kier molecular flexibility index (Phi) is 5.01. The van der Waals surface area contributed by atoms with Crippen molar-refractivity contribution in [3.8, 4) is 5.75 Å². The van der Waals surface area contributed by atoms with Gasteiger partial charge in [-0.3, -0.25) is 4.79 Å². The molecular formula is C22H21NO6S. The van der Waals surface area contributed by atoms with Crippen LogP contribution in [0.3, 0.4) is 0 Å². The minimum atomic E-state index is -4.33. The lowest BCUT2D eigenvalue weighted by Gasteiger charge is -2.33. The zero-order chi connectivity index (χ0) is 21.5. The van der Waals surface area contributed by atoms with E-state index in [1.54, 1.807) is 54.6 Å². The molecule has 1 aliphatic heterocycles. The van der Waals surface area contributed by atoms with E-state index in [1.807, 2.05) is 0 Å². The number of fused-ring (bicyclic) bond motifs is 1. The second-order valence-electron chi connectivity index (χ2n) is 7.56. The van der Waals surface area contributed by atoms with E-state index in [-0.39, 0.29) is 30.0 Å². The third-order valence-corrected chi connectivity index (χ3v) is 7.48. The van der Waals surface area contributed by atoms with Gasteiger partial charge in [0.1, 0.15) is 11.3 Å². The molecule has 1 saturated heterocycles. The molecule has 156 valence electrons. The van der Waals surface area contributed by atoms with E-state index in [0.29, 0.717) is 16.3 Å². The normalized spacial score (nSPS) is 22.4. The Morgan fingerprint density at radius 3 is 2.43 bits per heavy atom. The molecule has 30 heavy (non-hydrogen) atoms. The molecule has 0 spiro atoms. The van der Waals surface area contributed by atoms with Crippen LogP contribution in [0.5, 0.6) is 5.75 Å². The van der Waals surface area contributed by atoms with Crippen molar-refractivity contribution < 1.29 is 28.5 Å². The zero-order valence-corrected chi connectivity index (χ0v) is 16.8. The molecule has 0 aromatic heterocycles. The first-order chi connectivity index (χ1) is 14.2. The lowest BCUT2D eigenvalue weighted by atomic mass is 9.89. The summed E-state index contributed by atoms with van der Waals surface area (Å²) in [6.45, 7) is -0.338. The second-order valence-corrected chi connectivity index (χ2v) is 9.42. The first-order valence-corrected chi connectivity index (χ1v) is 10.9. The Hall–Kier alpha value is -2.94. The molecule has 3 aromatic rings. The summed E-state index contributed by atoms with van der Waals surface area (Å²) in [6, 6.07) is 18.0. The van der Waals surface area contributed by atoms with Gasteiger partial charge in [-0.2, -0.15) is 4.31 Å². The van der Waals surface area contributed by atoms with E-state index in [9.17, 15) is 28.5 Å². The highest BCUT2D eigenvalue weighted by molar-refractivity contribution is 7.89. The number of rotatable bonds is 5. The minimum Gasteiger partial charge on any atom is -0.507 e. The standard InChI is InChI=1S/C22H21NO6S/c24-17-13-22(21(26)27,12-15-6-2-1-3-7-15)23(14-17)30(28,29)18-10-16-8-4-5-9-19(16)20(25)11-18/h1-11,17,24-25H,12-14H2,(H,26,27)/t17?,22-/m0/s1. The van der Waals surface area contributed by atoms with Crippen LogP contribution in [0.2, 0.25) is 0 Å². The van der Waals surface area contributed by atoms with E-state index in [0.717, 1.165) is 10.4 Å². The number of carboxylic acid groups (broad SMARTS) is 1. The Morgan fingerprint density at radius 2 is 1.73 bits per heavy atom. The van der Waals surface area contributed by atoms with Crippen LogP contribution in [0.4, 0.5) is 0 Å². The minimum absolute atomic E-state index is 0.0843. The highest BCUT2D eigenvalue weighted by Crippen LogP contribution is 2.39. The number of aliphatic carboxylic acids is 1. The fourth-order valence-corrected chi connectivity index (χ4v) is 5.99. The predicted molar refractivity (Wildman–Crippen MR) is 111 cm³/mol. The third kappa shape index (κ3) is 3.32. The summed E-state index contributed by atoms with van der Waals surface area (Å²) in [7, 11) is -4.33. The van der Waals surface area contributed by atoms with Crippen molar-refractivity contribution in [3.05, 3.63) is 72.3 Å². The second kappa shape index (κ2) is 7.39. The number of hydrogen-bond acceptors (Lipinski definition) is 5. The number of phenolic OH excluding ortho intramolecular Hbond substituents is 1.